The molecule has 1 aromatic heterocycles. The number of nitriles is 1. The fourth-order valence-corrected chi connectivity index (χ4v) is 2.93. The molecule has 0 aliphatic carbocycles. The van der Waals surface area contributed by atoms with Crippen molar-refractivity contribution in [2.45, 2.75) is 19.4 Å². The first-order valence-corrected chi connectivity index (χ1v) is 8.86. The van der Waals surface area contributed by atoms with E-state index in [-0.39, 0.29) is 34.1 Å². The highest BCUT2D eigenvalue weighted by Gasteiger charge is 2.44. The van der Waals surface area contributed by atoms with Gasteiger partial charge in [0.2, 0.25) is 5.76 Å². The van der Waals surface area contributed by atoms with Gasteiger partial charge >= 0.3 is 6.18 Å². The monoisotopic (exact) mass is 457 g/mol. The third-order valence-electron chi connectivity index (χ3n) is 4.09. The number of aromatic amines is 1. The van der Waals surface area contributed by atoms with Crippen molar-refractivity contribution in [1.82, 2.24) is 20.4 Å². The van der Waals surface area contributed by atoms with E-state index in [0.717, 1.165) is 23.1 Å². The van der Waals surface area contributed by atoms with Gasteiger partial charge in [0.05, 0.1) is 36.1 Å². The number of alkyl halides is 4. The third kappa shape index (κ3) is 4.95. The molecule has 0 fully saturated rings. The number of benzene rings is 1. The number of hydrogen-bond donors (Lipinski definition) is 2. The molecule has 2 N–H and O–H groups in total. The van der Waals surface area contributed by atoms with E-state index in [1.807, 2.05) is 0 Å². The highest BCUT2D eigenvalue weighted by atomic mass is 35.5. The largest absolute Gasteiger partial charge is 0.449 e. The molecule has 8 nitrogen and oxygen atoms in total. The first-order chi connectivity index (χ1) is 14.6. The van der Waals surface area contributed by atoms with Gasteiger partial charge < -0.3 is 15.0 Å². The smallest absolute Gasteiger partial charge is 0.434 e. The van der Waals surface area contributed by atoms with Crippen LogP contribution in [0.15, 0.2) is 40.5 Å². The van der Waals surface area contributed by atoms with Gasteiger partial charge in [-0.25, -0.2) is 9.49 Å². The average molecular weight is 458 g/mol. The summed E-state index contributed by atoms with van der Waals surface area (Å²) in [6, 6.07) is 6.41. The second-order valence-corrected chi connectivity index (χ2v) is 6.71. The van der Waals surface area contributed by atoms with Gasteiger partial charge in [-0.05, 0) is 24.3 Å². The van der Waals surface area contributed by atoms with Crippen LogP contribution in [0, 0.1) is 11.3 Å². The predicted octanol–water partition coefficient (Wildman–Crippen LogP) is 2.51. The molecule has 0 saturated heterocycles. The molecular weight excluding hydrogens is 446 g/mol. The first kappa shape index (κ1) is 22.1. The summed E-state index contributed by atoms with van der Waals surface area (Å²) < 4.78 is 58.4. The molecular formula is C18H12ClF4N5O3. The van der Waals surface area contributed by atoms with Gasteiger partial charge in [-0.1, -0.05) is 11.6 Å². The van der Waals surface area contributed by atoms with Crippen molar-refractivity contribution in [2.24, 2.45) is 0 Å². The number of allylic oxidation sites excluding steroid dienone is 1. The number of halogens is 5. The minimum atomic E-state index is -4.94. The Bertz CT molecular complexity index is 1160. The lowest BCUT2D eigenvalue weighted by Crippen LogP contribution is -2.49. The van der Waals surface area contributed by atoms with Crippen LogP contribution in [0.3, 0.4) is 0 Å². The number of aromatic nitrogens is 2. The van der Waals surface area contributed by atoms with Crippen molar-refractivity contribution in [3.05, 3.63) is 67.9 Å². The molecule has 1 amide bonds. The normalized spacial score (nSPS) is 14.3. The zero-order chi connectivity index (χ0) is 22.8. The van der Waals surface area contributed by atoms with E-state index in [4.69, 9.17) is 21.6 Å². The molecule has 1 aliphatic heterocycles. The van der Waals surface area contributed by atoms with Gasteiger partial charge in [0.15, 0.2) is 5.70 Å². The number of carbonyl (C=O) groups is 1. The lowest BCUT2D eigenvalue weighted by molar-refractivity contribution is -0.137. The predicted molar refractivity (Wildman–Crippen MR) is 98.1 cm³/mol. The van der Waals surface area contributed by atoms with Gasteiger partial charge in [-0.15, -0.1) is 0 Å². The molecule has 2 aromatic rings. The summed E-state index contributed by atoms with van der Waals surface area (Å²) in [5.74, 6) is -2.46. The first-order valence-electron chi connectivity index (χ1n) is 8.49. The van der Waals surface area contributed by atoms with Crippen LogP contribution < -0.4 is 15.6 Å². The summed E-state index contributed by atoms with van der Waals surface area (Å²) in [7, 11) is 0. The molecule has 162 valence electrons. The van der Waals surface area contributed by atoms with Gasteiger partial charge in [0.25, 0.3) is 11.5 Å². The maximum atomic E-state index is 13.4. The molecule has 0 atom stereocenters. The van der Waals surface area contributed by atoms with E-state index in [1.165, 1.54) is 6.07 Å². The number of nitrogens with one attached hydrogen (secondary N) is 2. The Morgan fingerprint density at radius 1 is 1.26 bits per heavy atom. The highest BCUT2D eigenvalue weighted by molar-refractivity contribution is 6.30. The van der Waals surface area contributed by atoms with Crippen LogP contribution in [-0.4, -0.2) is 33.8 Å². The summed E-state index contributed by atoms with van der Waals surface area (Å²) in [6.07, 6.45) is -4.94. The summed E-state index contributed by atoms with van der Waals surface area (Å²) >= 11 is 5.84. The van der Waals surface area contributed by atoms with Gasteiger partial charge in [0.1, 0.15) is 12.4 Å². The molecule has 0 unspecified atom stereocenters. The standard InChI is InChI=1S/C18H12ClF4N5O3/c19-11-1-9(6-24)2-13(4-11)31-14-15(18(21,22)23)25-8-28(17(14)30)7-12-3-10(5-20)16(29)27-26-12/h1-4,25H,5,7-8H2,(H,27,29). The molecule has 2 heterocycles. The zero-order valence-corrected chi connectivity index (χ0v) is 16.1. The number of H-pyrrole nitrogens is 1. The topological polar surface area (TPSA) is 111 Å². The maximum Gasteiger partial charge on any atom is 0.434 e. The summed E-state index contributed by atoms with van der Waals surface area (Å²) in [6.45, 7) is -1.97. The second-order valence-electron chi connectivity index (χ2n) is 6.28. The number of nitrogens with zero attached hydrogens (tertiary/aromatic N) is 3. The van der Waals surface area contributed by atoms with Gasteiger partial charge in [0, 0.05) is 5.02 Å². The molecule has 0 bridgehead atoms. The fraction of sp³-hybridized carbons (Fsp3) is 0.222. The van der Waals surface area contributed by atoms with Crippen LogP contribution in [0.5, 0.6) is 5.75 Å². The van der Waals surface area contributed by atoms with Crippen LogP contribution in [0.1, 0.15) is 16.8 Å². The van der Waals surface area contributed by atoms with E-state index < -0.39 is 42.4 Å². The Morgan fingerprint density at radius 2 is 2.00 bits per heavy atom. The third-order valence-corrected chi connectivity index (χ3v) is 4.31. The lowest BCUT2D eigenvalue weighted by atomic mass is 10.2. The average Bonchev–Trinajstić information content (AvgIpc) is 2.70. The molecule has 0 spiro atoms. The van der Waals surface area contributed by atoms with E-state index in [1.54, 1.807) is 6.07 Å². The molecule has 13 heteroatoms. The molecule has 1 aliphatic rings. The molecule has 31 heavy (non-hydrogen) atoms. The van der Waals surface area contributed by atoms with Crippen molar-refractivity contribution in [1.29, 1.82) is 5.26 Å². The minimum Gasteiger partial charge on any atom is -0.449 e. The van der Waals surface area contributed by atoms with Crippen molar-refractivity contribution >= 4 is 17.5 Å². The minimum absolute atomic E-state index is 0.0147. The van der Waals surface area contributed by atoms with Gasteiger partial charge in [-0.3, -0.25) is 9.59 Å². The lowest BCUT2D eigenvalue weighted by Gasteiger charge is -2.31. The SMILES string of the molecule is N#Cc1cc(Cl)cc(OC2=C(C(F)(F)F)NCN(Cc3cc(CF)c(=O)[nH]n3)C2=O)c1. The van der Waals surface area contributed by atoms with Crippen LogP contribution in [0.25, 0.3) is 0 Å². The van der Waals surface area contributed by atoms with Crippen LogP contribution in [-0.2, 0) is 18.0 Å². The number of ether oxygens (including phenoxy) is 1. The van der Waals surface area contributed by atoms with Crippen molar-refractivity contribution in [3.63, 3.8) is 0 Å². The molecule has 0 radical (unpaired) electrons. The molecule has 0 saturated carbocycles. The van der Waals surface area contributed by atoms with Crippen molar-refractivity contribution < 1.29 is 27.1 Å². The number of amides is 1. The zero-order valence-electron chi connectivity index (χ0n) is 15.4. The fourth-order valence-electron chi connectivity index (χ4n) is 2.70. The Kier molecular flexibility index (Phi) is 6.16. The Balaban J connectivity index is 1.95. The van der Waals surface area contributed by atoms with Crippen LogP contribution in [0.4, 0.5) is 17.6 Å². The van der Waals surface area contributed by atoms with Crippen molar-refractivity contribution in [2.75, 3.05) is 6.67 Å². The number of hydrogen-bond acceptors (Lipinski definition) is 6. The Morgan fingerprint density at radius 3 is 2.65 bits per heavy atom. The quantitative estimate of drug-likeness (QED) is 0.667. The molecule has 1 aromatic carbocycles. The van der Waals surface area contributed by atoms with Crippen molar-refractivity contribution in [3.8, 4) is 11.8 Å². The van der Waals surface area contributed by atoms with E-state index in [2.05, 4.69) is 15.5 Å². The van der Waals surface area contributed by atoms with Crippen LogP contribution in [0.2, 0.25) is 5.02 Å². The summed E-state index contributed by atoms with van der Waals surface area (Å²) in [5, 5.41) is 16.8. The Labute approximate surface area is 176 Å². The number of rotatable bonds is 5. The molecule has 3 rings (SSSR count). The van der Waals surface area contributed by atoms with E-state index in [0.29, 0.717) is 0 Å². The second kappa shape index (κ2) is 8.65. The summed E-state index contributed by atoms with van der Waals surface area (Å²) in [5.41, 5.74) is -2.35. The van der Waals surface area contributed by atoms with Gasteiger partial charge in [-0.2, -0.15) is 23.5 Å². The van der Waals surface area contributed by atoms with Crippen LogP contribution >= 0.6 is 11.6 Å². The van der Waals surface area contributed by atoms with E-state index >= 15 is 0 Å². The highest BCUT2D eigenvalue weighted by Crippen LogP contribution is 2.32. The summed E-state index contributed by atoms with van der Waals surface area (Å²) in [4.78, 5) is 25.1. The maximum absolute atomic E-state index is 13.4. The Hall–Kier alpha value is -3.59. The van der Waals surface area contributed by atoms with E-state index in [9.17, 15) is 27.2 Å². The number of carbonyl (C=O) groups excluding carboxylic acids is 1.